The standard InChI is InChI=1S/C16H14N4O3S/c1-22-14-8-11(2-3-12(14)10-4-6-23-7-5-10)16-18-13(9-24-16)15(21)19-20-17/h2-4,8-9H,5-7H2,1H3. The zero-order valence-corrected chi connectivity index (χ0v) is 13.7. The molecule has 0 unspecified atom stereocenters. The molecule has 24 heavy (non-hydrogen) atoms. The Kier molecular flexibility index (Phi) is 4.90. The van der Waals surface area contributed by atoms with Crippen LogP contribution in [0.25, 0.3) is 26.6 Å². The molecule has 1 aliphatic rings. The molecular weight excluding hydrogens is 328 g/mol. The Balaban J connectivity index is 1.94. The largest absolute Gasteiger partial charge is 0.496 e. The van der Waals surface area contributed by atoms with E-state index < -0.39 is 5.91 Å². The monoisotopic (exact) mass is 342 g/mol. The van der Waals surface area contributed by atoms with Crippen molar-refractivity contribution in [2.45, 2.75) is 6.42 Å². The highest BCUT2D eigenvalue weighted by molar-refractivity contribution is 7.13. The molecule has 0 saturated carbocycles. The SMILES string of the molecule is COc1cc(-c2nc(C(=O)N=[N+]=[N-])cs2)ccc1C1=CCOCC1. The van der Waals surface area contributed by atoms with Gasteiger partial charge in [-0.1, -0.05) is 18.2 Å². The summed E-state index contributed by atoms with van der Waals surface area (Å²) in [7, 11) is 1.63. The van der Waals surface area contributed by atoms with Gasteiger partial charge in [-0.3, -0.25) is 4.79 Å². The van der Waals surface area contributed by atoms with Crippen molar-refractivity contribution in [2.24, 2.45) is 5.11 Å². The third kappa shape index (κ3) is 3.30. The highest BCUT2D eigenvalue weighted by Crippen LogP contribution is 2.34. The average Bonchev–Trinajstić information content (AvgIpc) is 3.12. The fraction of sp³-hybridized carbons (Fsp3) is 0.250. The van der Waals surface area contributed by atoms with Gasteiger partial charge < -0.3 is 9.47 Å². The summed E-state index contributed by atoms with van der Waals surface area (Å²) in [6.07, 6.45) is 2.90. The molecular formula is C16H14N4O3S. The molecule has 0 aliphatic carbocycles. The van der Waals surface area contributed by atoms with E-state index in [1.807, 2.05) is 18.2 Å². The molecule has 1 aromatic heterocycles. The molecule has 122 valence electrons. The Morgan fingerprint density at radius 1 is 1.50 bits per heavy atom. The molecule has 0 spiro atoms. The first kappa shape index (κ1) is 16.2. The van der Waals surface area contributed by atoms with Crippen molar-refractivity contribution >= 4 is 22.8 Å². The van der Waals surface area contributed by atoms with Crippen LogP contribution in [0.1, 0.15) is 22.5 Å². The molecule has 0 atom stereocenters. The zero-order valence-electron chi connectivity index (χ0n) is 12.9. The lowest BCUT2D eigenvalue weighted by Gasteiger charge is -2.17. The van der Waals surface area contributed by atoms with E-state index in [9.17, 15) is 4.79 Å². The number of amides is 1. The Labute approximate surface area is 142 Å². The summed E-state index contributed by atoms with van der Waals surface area (Å²) in [5.41, 5.74) is 11.5. The number of thiazole rings is 1. The van der Waals surface area contributed by atoms with Crippen LogP contribution in [0.5, 0.6) is 5.75 Å². The maximum absolute atomic E-state index is 11.6. The molecule has 7 nitrogen and oxygen atoms in total. The smallest absolute Gasteiger partial charge is 0.268 e. The van der Waals surface area contributed by atoms with Gasteiger partial charge in [0, 0.05) is 21.4 Å². The Bertz CT molecular complexity index is 853. The third-order valence-electron chi connectivity index (χ3n) is 3.62. The number of methoxy groups -OCH3 is 1. The van der Waals surface area contributed by atoms with Crippen molar-refractivity contribution < 1.29 is 14.3 Å². The van der Waals surface area contributed by atoms with Gasteiger partial charge in [0.05, 0.1) is 20.3 Å². The number of ether oxygens (including phenoxy) is 2. The Hall–Kier alpha value is -2.67. The van der Waals surface area contributed by atoms with Gasteiger partial charge in [-0.25, -0.2) is 4.98 Å². The number of aromatic nitrogens is 1. The fourth-order valence-corrected chi connectivity index (χ4v) is 3.25. The number of benzene rings is 1. The number of rotatable bonds is 4. The summed E-state index contributed by atoms with van der Waals surface area (Å²) in [6, 6.07) is 5.82. The lowest BCUT2D eigenvalue weighted by molar-refractivity contribution is 0.0996. The van der Waals surface area contributed by atoms with Crippen molar-refractivity contribution in [3.63, 3.8) is 0 Å². The number of hydrogen-bond acceptors (Lipinski definition) is 5. The van der Waals surface area contributed by atoms with E-state index in [-0.39, 0.29) is 5.69 Å². The van der Waals surface area contributed by atoms with Gasteiger partial charge in [0.15, 0.2) is 0 Å². The highest BCUT2D eigenvalue weighted by atomic mass is 32.1. The van der Waals surface area contributed by atoms with Crippen molar-refractivity contribution in [2.75, 3.05) is 20.3 Å². The van der Waals surface area contributed by atoms with E-state index in [2.05, 4.69) is 21.1 Å². The van der Waals surface area contributed by atoms with Crippen LogP contribution in [0.3, 0.4) is 0 Å². The predicted octanol–water partition coefficient (Wildman–Crippen LogP) is 4.07. The van der Waals surface area contributed by atoms with Gasteiger partial charge in [0.1, 0.15) is 16.5 Å². The minimum absolute atomic E-state index is 0.142. The maximum Gasteiger partial charge on any atom is 0.268 e. The fourth-order valence-electron chi connectivity index (χ4n) is 2.46. The number of azide groups is 1. The molecule has 0 bridgehead atoms. The first-order valence-electron chi connectivity index (χ1n) is 7.23. The van der Waals surface area contributed by atoms with Gasteiger partial charge in [0.25, 0.3) is 5.91 Å². The summed E-state index contributed by atoms with van der Waals surface area (Å²) >= 11 is 1.31. The highest BCUT2D eigenvalue weighted by Gasteiger charge is 2.15. The molecule has 0 N–H and O–H groups in total. The summed E-state index contributed by atoms with van der Waals surface area (Å²) in [5.74, 6) is 0.0646. The summed E-state index contributed by atoms with van der Waals surface area (Å²) in [4.78, 5) is 18.3. The summed E-state index contributed by atoms with van der Waals surface area (Å²) < 4.78 is 10.9. The van der Waals surface area contributed by atoms with Gasteiger partial charge in [0.2, 0.25) is 0 Å². The van der Waals surface area contributed by atoms with Gasteiger partial charge >= 0.3 is 0 Å². The lowest BCUT2D eigenvalue weighted by atomic mass is 9.99. The predicted molar refractivity (Wildman–Crippen MR) is 91.0 cm³/mol. The van der Waals surface area contributed by atoms with Gasteiger partial charge in [-0.05, 0) is 28.7 Å². The summed E-state index contributed by atoms with van der Waals surface area (Å²) in [6.45, 7) is 1.31. The van der Waals surface area contributed by atoms with Gasteiger partial charge in [-0.2, -0.15) is 0 Å². The Morgan fingerprint density at radius 3 is 3.08 bits per heavy atom. The molecule has 0 radical (unpaired) electrons. The molecule has 1 amide bonds. The second-order valence-electron chi connectivity index (χ2n) is 5.00. The molecule has 0 fully saturated rings. The first-order valence-corrected chi connectivity index (χ1v) is 8.11. The van der Waals surface area contributed by atoms with Gasteiger partial charge in [-0.15, -0.1) is 11.3 Å². The maximum atomic E-state index is 11.6. The van der Waals surface area contributed by atoms with E-state index in [0.29, 0.717) is 18.2 Å². The van der Waals surface area contributed by atoms with E-state index in [1.165, 1.54) is 16.9 Å². The van der Waals surface area contributed by atoms with E-state index in [4.69, 9.17) is 15.0 Å². The van der Waals surface area contributed by atoms with E-state index in [1.54, 1.807) is 12.5 Å². The van der Waals surface area contributed by atoms with Crippen LogP contribution in [0, 0.1) is 0 Å². The molecule has 3 rings (SSSR count). The van der Waals surface area contributed by atoms with Crippen LogP contribution in [0.2, 0.25) is 0 Å². The number of carbonyl (C=O) groups is 1. The van der Waals surface area contributed by atoms with Crippen molar-refractivity contribution in [1.82, 2.24) is 4.98 Å². The minimum Gasteiger partial charge on any atom is -0.496 e. The number of hydrogen-bond donors (Lipinski definition) is 0. The first-order chi connectivity index (χ1) is 11.7. The quantitative estimate of drug-likeness (QED) is 0.475. The van der Waals surface area contributed by atoms with E-state index in [0.717, 1.165) is 23.3 Å². The molecule has 2 heterocycles. The molecule has 2 aromatic rings. The molecule has 0 saturated heterocycles. The lowest BCUT2D eigenvalue weighted by Crippen LogP contribution is -2.04. The molecule has 1 aliphatic heterocycles. The Morgan fingerprint density at radius 2 is 2.38 bits per heavy atom. The minimum atomic E-state index is -0.684. The van der Waals surface area contributed by atoms with Crippen LogP contribution in [0.15, 0.2) is 34.8 Å². The zero-order chi connectivity index (χ0) is 16.9. The summed E-state index contributed by atoms with van der Waals surface area (Å²) in [5, 5.41) is 5.29. The number of carbonyl (C=O) groups excluding carboxylic acids is 1. The van der Waals surface area contributed by atoms with Crippen molar-refractivity contribution in [3.8, 4) is 16.3 Å². The van der Waals surface area contributed by atoms with Crippen LogP contribution < -0.4 is 4.74 Å². The van der Waals surface area contributed by atoms with Crippen LogP contribution in [-0.2, 0) is 4.74 Å². The van der Waals surface area contributed by atoms with E-state index >= 15 is 0 Å². The van der Waals surface area contributed by atoms with Crippen molar-refractivity contribution in [1.29, 1.82) is 0 Å². The number of nitrogens with zero attached hydrogens (tertiary/aromatic N) is 4. The van der Waals surface area contributed by atoms with Crippen LogP contribution >= 0.6 is 11.3 Å². The van der Waals surface area contributed by atoms with Crippen LogP contribution in [0.4, 0.5) is 0 Å². The second kappa shape index (κ2) is 7.27. The third-order valence-corrected chi connectivity index (χ3v) is 4.51. The second-order valence-corrected chi connectivity index (χ2v) is 5.86. The molecule has 8 heteroatoms. The van der Waals surface area contributed by atoms with Crippen molar-refractivity contribution in [3.05, 3.63) is 51.4 Å². The molecule has 1 aromatic carbocycles. The van der Waals surface area contributed by atoms with Crippen LogP contribution in [-0.4, -0.2) is 31.2 Å². The topological polar surface area (TPSA) is 97.2 Å². The average molecular weight is 342 g/mol. The normalized spacial score (nSPS) is 13.8.